The monoisotopic (exact) mass is 279 g/mol. The number of carboxylic acid groups (broad SMARTS) is 1. The molecule has 0 radical (unpaired) electrons. The van der Waals surface area contributed by atoms with Gasteiger partial charge in [-0.15, -0.1) is 0 Å². The summed E-state index contributed by atoms with van der Waals surface area (Å²) < 4.78 is 14.4. The van der Waals surface area contributed by atoms with Gasteiger partial charge < -0.3 is 5.11 Å². The SMILES string of the molecule is Cc1nn(Cc2cc(F)ccc2[N+](=O)[O-])cc1C(=O)O. The molecule has 0 spiro atoms. The second kappa shape index (κ2) is 5.08. The third-order valence-corrected chi connectivity index (χ3v) is 2.75. The molecule has 1 N–H and O–H groups in total. The van der Waals surface area contributed by atoms with Crippen molar-refractivity contribution in [2.75, 3.05) is 0 Å². The van der Waals surface area contributed by atoms with Gasteiger partial charge in [0.15, 0.2) is 0 Å². The van der Waals surface area contributed by atoms with Crippen LogP contribution in [0.2, 0.25) is 0 Å². The van der Waals surface area contributed by atoms with Crippen LogP contribution in [0.4, 0.5) is 10.1 Å². The molecule has 0 bridgehead atoms. The maximum absolute atomic E-state index is 13.2. The topological polar surface area (TPSA) is 98.3 Å². The summed E-state index contributed by atoms with van der Waals surface area (Å²) in [5.41, 5.74) is 0.173. The van der Waals surface area contributed by atoms with Crippen LogP contribution in [0.25, 0.3) is 0 Å². The maximum atomic E-state index is 13.2. The van der Waals surface area contributed by atoms with Gasteiger partial charge >= 0.3 is 5.97 Å². The van der Waals surface area contributed by atoms with E-state index in [-0.39, 0.29) is 29.1 Å². The van der Waals surface area contributed by atoms with Gasteiger partial charge in [0.1, 0.15) is 11.4 Å². The first kappa shape index (κ1) is 13.7. The number of aromatic carboxylic acids is 1. The standard InChI is InChI=1S/C12H10FN3O4/c1-7-10(12(17)18)6-15(14-7)5-8-4-9(13)2-3-11(8)16(19)20/h2-4,6H,5H2,1H3,(H,17,18). The summed E-state index contributed by atoms with van der Waals surface area (Å²) in [4.78, 5) is 21.1. The van der Waals surface area contributed by atoms with Gasteiger partial charge in [-0.25, -0.2) is 9.18 Å². The molecule has 0 amide bonds. The average molecular weight is 279 g/mol. The van der Waals surface area contributed by atoms with Crippen molar-refractivity contribution in [3.8, 4) is 0 Å². The van der Waals surface area contributed by atoms with Crippen LogP contribution in [-0.2, 0) is 6.54 Å². The Balaban J connectivity index is 2.39. The molecular weight excluding hydrogens is 269 g/mol. The van der Waals surface area contributed by atoms with Crippen LogP contribution in [0.5, 0.6) is 0 Å². The number of carboxylic acids is 1. The molecule has 0 saturated heterocycles. The first-order valence-corrected chi connectivity index (χ1v) is 5.58. The number of halogens is 1. The lowest BCUT2D eigenvalue weighted by molar-refractivity contribution is -0.385. The zero-order chi connectivity index (χ0) is 14.9. The number of nitro groups is 1. The number of rotatable bonds is 4. The van der Waals surface area contributed by atoms with Crippen molar-refractivity contribution in [3.05, 3.63) is 57.1 Å². The molecule has 1 aromatic carbocycles. The normalized spacial score (nSPS) is 10.5. The van der Waals surface area contributed by atoms with E-state index >= 15 is 0 Å². The van der Waals surface area contributed by atoms with Gasteiger partial charge in [0.05, 0.1) is 22.7 Å². The first-order valence-electron chi connectivity index (χ1n) is 5.58. The third-order valence-electron chi connectivity index (χ3n) is 2.75. The largest absolute Gasteiger partial charge is 0.478 e. The van der Waals surface area contributed by atoms with E-state index in [0.717, 1.165) is 18.2 Å². The van der Waals surface area contributed by atoms with Crippen molar-refractivity contribution in [2.45, 2.75) is 13.5 Å². The Labute approximate surface area is 112 Å². The summed E-state index contributed by atoms with van der Waals surface area (Å²) in [7, 11) is 0. The van der Waals surface area contributed by atoms with Crippen molar-refractivity contribution in [3.63, 3.8) is 0 Å². The van der Waals surface area contributed by atoms with E-state index in [1.807, 2.05) is 0 Å². The molecule has 0 atom stereocenters. The number of carbonyl (C=O) groups is 1. The molecule has 0 aliphatic carbocycles. The highest BCUT2D eigenvalue weighted by Crippen LogP contribution is 2.21. The van der Waals surface area contributed by atoms with Crippen LogP contribution in [0.15, 0.2) is 24.4 Å². The van der Waals surface area contributed by atoms with Crippen molar-refractivity contribution >= 4 is 11.7 Å². The van der Waals surface area contributed by atoms with E-state index < -0.39 is 16.7 Å². The Morgan fingerprint density at radius 3 is 2.80 bits per heavy atom. The summed E-state index contributed by atoms with van der Waals surface area (Å²) in [6.07, 6.45) is 1.26. The van der Waals surface area contributed by atoms with Gasteiger partial charge in [-0.3, -0.25) is 14.8 Å². The molecule has 8 heteroatoms. The Kier molecular flexibility index (Phi) is 3.47. The molecule has 0 unspecified atom stereocenters. The van der Waals surface area contributed by atoms with Crippen LogP contribution in [-0.4, -0.2) is 25.8 Å². The van der Waals surface area contributed by atoms with Crippen molar-refractivity contribution in [2.24, 2.45) is 0 Å². The number of nitro benzene ring substituents is 1. The number of aromatic nitrogens is 2. The molecule has 0 aliphatic heterocycles. The van der Waals surface area contributed by atoms with Gasteiger partial charge in [-0.05, 0) is 19.1 Å². The summed E-state index contributed by atoms with van der Waals surface area (Å²) in [6.45, 7) is 1.43. The minimum absolute atomic E-state index is 0.00376. The second-order valence-electron chi connectivity index (χ2n) is 4.16. The fourth-order valence-corrected chi connectivity index (χ4v) is 1.84. The number of hydrogen-bond donors (Lipinski definition) is 1. The molecule has 104 valence electrons. The zero-order valence-corrected chi connectivity index (χ0v) is 10.4. The quantitative estimate of drug-likeness (QED) is 0.681. The van der Waals surface area contributed by atoms with Gasteiger partial charge in [-0.2, -0.15) is 5.10 Å². The lowest BCUT2D eigenvalue weighted by Gasteiger charge is -2.03. The van der Waals surface area contributed by atoms with E-state index in [9.17, 15) is 19.3 Å². The molecule has 0 saturated carbocycles. The van der Waals surface area contributed by atoms with Crippen molar-refractivity contribution in [1.29, 1.82) is 0 Å². The first-order chi connectivity index (χ1) is 9.38. The maximum Gasteiger partial charge on any atom is 0.339 e. The number of benzene rings is 1. The highest BCUT2D eigenvalue weighted by atomic mass is 19.1. The van der Waals surface area contributed by atoms with E-state index in [0.29, 0.717) is 0 Å². The molecule has 2 rings (SSSR count). The highest BCUT2D eigenvalue weighted by molar-refractivity contribution is 5.88. The van der Waals surface area contributed by atoms with Crippen LogP contribution in [0.1, 0.15) is 21.6 Å². The lowest BCUT2D eigenvalue weighted by Crippen LogP contribution is -2.04. The van der Waals surface area contributed by atoms with E-state index in [4.69, 9.17) is 5.11 Å². The zero-order valence-electron chi connectivity index (χ0n) is 10.4. The summed E-state index contributed by atoms with van der Waals surface area (Å²) in [5.74, 6) is -1.74. The lowest BCUT2D eigenvalue weighted by atomic mass is 10.2. The number of nitrogens with zero attached hydrogens (tertiary/aromatic N) is 3. The van der Waals surface area contributed by atoms with Crippen LogP contribution < -0.4 is 0 Å². The van der Waals surface area contributed by atoms with E-state index in [1.54, 1.807) is 0 Å². The fraction of sp³-hybridized carbons (Fsp3) is 0.167. The molecule has 2 aromatic rings. The van der Waals surface area contributed by atoms with Gasteiger partial charge in [0.25, 0.3) is 5.69 Å². The molecule has 0 fully saturated rings. The van der Waals surface area contributed by atoms with Crippen LogP contribution in [0, 0.1) is 22.9 Å². The smallest absolute Gasteiger partial charge is 0.339 e. The fourth-order valence-electron chi connectivity index (χ4n) is 1.84. The molecule has 1 heterocycles. The Hall–Kier alpha value is -2.77. The number of aryl methyl sites for hydroxylation is 1. The minimum atomic E-state index is -1.14. The van der Waals surface area contributed by atoms with Gasteiger partial charge in [-0.1, -0.05) is 0 Å². The van der Waals surface area contributed by atoms with E-state index in [2.05, 4.69) is 5.10 Å². The van der Waals surface area contributed by atoms with Crippen LogP contribution in [0.3, 0.4) is 0 Å². The molecular formula is C12H10FN3O4. The Bertz CT molecular complexity index is 696. The predicted octanol–water partition coefficient (Wildman–Crippen LogP) is 1.99. The van der Waals surface area contributed by atoms with Crippen molar-refractivity contribution in [1.82, 2.24) is 9.78 Å². The van der Waals surface area contributed by atoms with Gasteiger partial charge in [0.2, 0.25) is 0 Å². The minimum Gasteiger partial charge on any atom is -0.478 e. The van der Waals surface area contributed by atoms with Gasteiger partial charge in [0, 0.05) is 12.3 Å². The molecule has 7 nitrogen and oxygen atoms in total. The van der Waals surface area contributed by atoms with Crippen molar-refractivity contribution < 1.29 is 19.2 Å². The molecule has 0 aliphatic rings. The summed E-state index contributed by atoms with van der Waals surface area (Å²) >= 11 is 0. The average Bonchev–Trinajstić information content (AvgIpc) is 2.70. The Morgan fingerprint density at radius 1 is 1.55 bits per heavy atom. The van der Waals surface area contributed by atoms with Crippen LogP contribution >= 0.6 is 0 Å². The summed E-state index contributed by atoms with van der Waals surface area (Å²) in [5, 5.41) is 23.7. The third kappa shape index (κ3) is 2.63. The molecule has 1 aromatic heterocycles. The highest BCUT2D eigenvalue weighted by Gasteiger charge is 2.17. The second-order valence-corrected chi connectivity index (χ2v) is 4.16. The van der Waals surface area contributed by atoms with E-state index in [1.165, 1.54) is 17.8 Å². The summed E-state index contributed by atoms with van der Waals surface area (Å²) in [6, 6.07) is 3.10. The Morgan fingerprint density at radius 2 is 2.25 bits per heavy atom. The predicted molar refractivity (Wildman–Crippen MR) is 66.1 cm³/mol. The number of hydrogen-bond acceptors (Lipinski definition) is 4. The molecule has 20 heavy (non-hydrogen) atoms.